The topological polar surface area (TPSA) is 49.2 Å². The highest BCUT2D eigenvalue weighted by molar-refractivity contribution is 5.35. The summed E-state index contributed by atoms with van der Waals surface area (Å²) in [5.41, 5.74) is -0.610. The van der Waals surface area contributed by atoms with Gasteiger partial charge in [-0.1, -0.05) is 0 Å². The summed E-state index contributed by atoms with van der Waals surface area (Å²) in [6.45, 7) is 5.64. The lowest BCUT2D eigenvalue weighted by atomic mass is 9.84. The maximum absolute atomic E-state index is 10.0. The van der Waals surface area contributed by atoms with Crippen molar-refractivity contribution in [1.82, 2.24) is 9.97 Å². The third-order valence-electron chi connectivity index (χ3n) is 3.29. The molecule has 0 bridgehead atoms. The molecular weight excluding hydrogens is 202 g/mol. The van der Waals surface area contributed by atoms with Crippen molar-refractivity contribution in [3.63, 3.8) is 0 Å². The van der Waals surface area contributed by atoms with E-state index in [0.717, 1.165) is 31.7 Å². The van der Waals surface area contributed by atoms with E-state index in [4.69, 9.17) is 0 Å². The zero-order chi connectivity index (χ0) is 11.6. The summed E-state index contributed by atoms with van der Waals surface area (Å²) in [5.74, 6) is 1.22. The van der Waals surface area contributed by atoms with E-state index in [-0.39, 0.29) is 0 Å². The molecule has 2 rings (SSSR count). The van der Waals surface area contributed by atoms with Crippen molar-refractivity contribution in [2.24, 2.45) is 5.92 Å². The molecule has 0 aromatic carbocycles. The minimum Gasteiger partial charge on any atom is -0.390 e. The van der Waals surface area contributed by atoms with Gasteiger partial charge in [0, 0.05) is 31.4 Å². The van der Waals surface area contributed by atoms with Crippen LogP contribution in [-0.2, 0) is 0 Å². The van der Waals surface area contributed by atoms with Gasteiger partial charge in [0.05, 0.1) is 11.8 Å². The molecule has 1 fully saturated rings. The summed E-state index contributed by atoms with van der Waals surface area (Å²) < 4.78 is 0. The number of aliphatic hydroxyl groups is 1. The summed E-state index contributed by atoms with van der Waals surface area (Å²) in [7, 11) is 0. The first-order valence-corrected chi connectivity index (χ1v) is 5.81. The molecule has 1 aliphatic rings. The quantitative estimate of drug-likeness (QED) is 0.821. The molecule has 16 heavy (non-hydrogen) atoms. The number of anilines is 1. The van der Waals surface area contributed by atoms with Crippen LogP contribution in [0.4, 0.5) is 5.82 Å². The number of nitrogens with zero attached hydrogens (tertiary/aromatic N) is 3. The summed E-state index contributed by atoms with van der Waals surface area (Å²) in [4.78, 5) is 10.6. The minimum absolute atomic E-state index is 0.309. The van der Waals surface area contributed by atoms with Gasteiger partial charge < -0.3 is 10.0 Å². The Balaban J connectivity index is 2.08. The van der Waals surface area contributed by atoms with E-state index in [2.05, 4.69) is 14.9 Å². The van der Waals surface area contributed by atoms with Crippen LogP contribution >= 0.6 is 0 Å². The standard InChI is InChI=1S/C12H19N3O/c1-12(2,16)10-4-3-7-15(9-10)11-8-13-5-6-14-11/h5-6,8,10,16H,3-4,7,9H2,1-2H3. The highest BCUT2D eigenvalue weighted by Gasteiger charge is 2.31. The van der Waals surface area contributed by atoms with Gasteiger partial charge in [0.2, 0.25) is 0 Å². The zero-order valence-electron chi connectivity index (χ0n) is 9.93. The largest absolute Gasteiger partial charge is 0.390 e. The Labute approximate surface area is 96.3 Å². The van der Waals surface area contributed by atoms with Gasteiger partial charge in [-0.05, 0) is 26.7 Å². The normalized spacial score (nSPS) is 22.2. The first-order chi connectivity index (χ1) is 7.57. The minimum atomic E-state index is -0.610. The van der Waals surface area contributed by atoms with Crippen molar-refractivity contribution < 1.29 is 5.11 Å². The van der Waals surface area contributed by atoms with Crippen molar-refractivity contribution in [1.29, 1.82) is 0 Å². The molecule has 1 saturated heterocycles. The van der Waals surface area contributed by atoms with Gasteiger partial charge in [-0.15, -0.1) is 0 Å². The fourth-order valence-electron chi connectivity index (χ4n) is 2.22. The second-order valence-electron chi connectivity index (χ2n) is 5.00. The number of hydrogen-bond donors (Lipinski definition) is 1. The van der Waals surface area contributed by atoms with Crippen LogP contribution in [-0.4, -0.2) is 33.8 Å². The fourth-order valence-corrected chi connectivity index (χ4v) is 2.22. The van der Waals surface area contributed by atoms with Crippen LogP contribution in [0.5, 0.6) is 0 Å². The van der Waals surface area contributed by atoms with Crippen LogP contribution < -0.4 is 4.90 Å². The lowest BCUT2D eigenvalue weighted by Gasteiger charge is -2.39. The zero-order valence-corrected chi connectivity index (χ0v) is 9.93. The number of piperidine rings is 1. The Morgan fingerprint density at radius 1 is 1.44 bits per heavy atom. The van der Waals surface area contributed by atoms with Crippen LogP contribution in [0.1, 0.15) is 26.7 Å². The molecule has 1 aromatic heterocycles. The van der Waals surface area contributed by atoms with Crippen LogP contribution in [0.25, 0.3) is 0 Å². The molecular formula is C12H19N3O. The van der Waals surface area contributed by atoms with Crippen molar-refractivity contribution in [3.8, 4) is 0 Å². The molecule has 4 heteroatoms. The second-order valence-corrected chi connectivity index (χ2v) is 5.00. The monoisotopic (exact) mass is 221 g/mol. The lowest BCUT2D eigenvalue weighted by molar-refractivity contribution is 0.0109. The molecule has 1 aromatic rings. The van der Waals surface area contributed by atoms with E-state index in [0.29, 0.717) is 5.92 Å². The van der Waals surface area contributed by atoms with Crippen molar-refractivity contribution in [2.75, 3.05) is 18.0 Å². The van der Waals surface area contributed by atoms with E-state index in [1.807, 2.05) is 13.8 Å². The molecule has 4 nitrogen and oxygen atoms in total. The van der Waals surface area contributed by atoms with Crippen LogP contribution in [0, 0.1) is 5.92 Å². The number of aromatic nitrogens is 2. The molecule has 2 heterocycles. The Hall–Kier alpha value is -1.16. The number of hydrogen-bond acceptors (Lipinski definition) is 4. The molecule has 88 valence electrons. The molecule has 1 aliphatic heterocycles. The van der Waals surface area contributed by atoms with Crippen LogP contribution in [0.2, 0.25) is 0 Å². The van der Waals surface area contributed by atoms with Gasteiger partial charge in [-0.25, -0.2) is 4.98 Å². The molecule has 1 atom stereocenters. The average Bonchev–Trinajstić information content (AvgIpc) is 2.29. The van der Waals surface area contributed by atoms with Gasteiger partial charge in [-0.3, -0.25) is 4.98 Å². The average molecular weight is 221 g/mol. The SMILES string of the molecule is CC(C)(O)C1CCCN(c2cnccn2)C1. The van der Waals surface area contributed by atoms with E-state index in [9.17, 15) is 5.11 Å². The maximum atomic E-state index is 10.0. The molecule has 0 spiro atoms. The van der Waals surface area contributed by atoms with Crippen molar-refractivity contribution >= 4 is 5.82 Å². The Morgan fingerprint density at radius 2 is 2.25 bits per heavy atom. The summed E-state index contributed by atoms with van der Waals surface area (Å²) in [6.07, 6.45) is 7.36. The van der Waals surface area contributed by atoms with Crippen molar-refractivity contribution in [2.45, 2.75) is 32.3 Å². The van der Waals surface area contributed by atoms with Crippen molar-refractivity contribution in [3.05, 3.63) is 18.6 Å². The van der Waals surface area contributed by atoms with Gasteiger partial charge in [0.25, 0.3) is 0 Å². The second kappa shape index (κ2) is 4.37. The van der Waals surface area contributed by atoms with E-state index in [1.165, 1.54) is 0 Å². The fraction of sp³-hybridized carbons (Fsp3) is 0.667. The number of rotatable bonds is 2. The predicted molar refractivity (Wildman–Crippen MR) is 63.3 cm³/mol. The maximum Gasteiger partial charge on any atom is 0.147 e. The predicted octanol–water partition coefficient (Wildman–Crippen LogP) is 1.46. The Kier molecular flexibility index (Phi) is 3.10. The molecule has 0 aliphatic carbocycles. The first-order valence-electron chi connectivity index (χ1n) is 5.81. The van der Waals surface area contributed by atoms with E-state index in [1.54, 1.807) is 18.6 Å². The molecule has 0 radical (unpaired) electrons. The van der Waals surface area contributed by atoms with Gasteiger partial charge in [0.1, 0.15) is 5.82 Å². The Bertz CT molecular complexity index is 334. The summed E-state index contributed by atoms with van der Waals surface area (Å²) >= 11 is 0. The first kappa shape index (κ1) is 11.3. The molecule has 0 saturated carbocycles. The van der Waals surface area contributed by atoms with Gasteiger partial charge in [-0.2, -0.15) is 0 Å². The summed E-state index contributed by atoms with van der Waals surface area (Å²) in [5, 5.41) is 10.0. The Morgan fingerprint density at radius 3 is 2.88 bits per heavy atom. The molecule has 0 amide bonds. The lowest BCUT2D eigenvalue weighted by Crippen LogP contribution is -2.45. The van der Waals surface area contributed by atoms with E-state index >= 15 is 0 Å². The molecule has 1 unspecified atom stereocenters. The summed E-state index contributed by atoms with van der Waals surface area (Å²) in [6, 6.07) is 0. The third kappa shape index (κ3) is 2.50. The van der Waals surface area contributed by atoms with Crippen LogP contribution in [0.3, 0.4) is 0 Å². The smallest absolute Gasteiger partial charge is 0.147 e. The third-order valence-corrected chi connectivity index (χ3v) is 3.29. The van der Waals surface area contributed by atoms with Crippen LogP contribution in [0.15, 0.2) is 18.6 Å². The molecule has 1 N–H and O–H groups in total. The van der Waals surface area contributed by atoms with Gasteiger partial charge in [0.15, 0.2) is 0 Å². The highest BCUT2D eigenvalue weighted by atomic mass is 16.3. The van der Waals surface area contributed by atoms with Gasteiger partial charge >= 0.3 is 0 Å². The van der Waals surface area contributed by atoms with E-state index < -0.39 is 5.60 Å². The highest BCUT2D eigenvalue weighted by Crippen LogP contribution is 2.28.